The predicted molar refractivity (Wildman–Crippen MR) is 91.9 cm³/mol. The number of nitrogens with one attached hydrogen (secondary N) is 1. The molecule has 1 aliphatic rings. The molecule has 0 aliphatic carbocycles. The van der Waals surface area contributed by atoms with E-state index in [0.29, 0.717) is 37.0 Å². The van der Waals surface area contributed by atoms with Crippen molar-refractivity contribution in [3.05, 3.63) is 47.0 Å². The lowest BCUT2D eigenvalue weighted by atomic mass is 10.2. The third kappa shape index (κ3) is 3.70. The van der Waals surface area contributed by atoms with Crippen molar-refractivity contribution < 1.29 is 13.9 Å². The fourth-order valence-corrected chi connectivity index (χ4v) is 2.95. The van der Waals surface area contributed by atoms with Crippen LogP contribution in [0.25, 0.3) is 0 Å². The second-order valence-electron chi connectivity index (χ2n) is 6.13. The number of rotatable bonds is 5. The molecular weight excluding hydrogens is 323 g/mol. The summed E-state index contributed by atoms with van der Waals surface area (Å²) in [4.78, 5) is 23.0. The summed E-state index contributed by atoms with van der Waals surface area (Å²) in [6.45, 7) is 4.76. The summed E-state index contributed by atoms with van der Waals surface area (Å²) in [7, 11) is 1.56. The van der Waals surface area contributed by atoms with E-state index < -0.39 is 0 Å². The summed E-state index contributed by atoms with van der Waals surface area (Å²) in [5, 5.41) is 3.22. The number of anilines is 1. The third-order valence-electron chi connectivity index (χ3n) is 4.30. The first-order valence-electron chi connectivity index (χ1n) is 8.17. The van der Waals surface area contributed by atoms with Gasteiger partial charge in [0.05, 0.1) is 12.7 Å². The maximum absolute atomic E-state index is 13.0. The Morgan fingerprint density at radius 3 is 2.68 bits per heavy atom. The van der Waals surface area contributed by atoms with Crippen molar-refractivity contribution >= 4 is 11.7 Å². The number of aromatic nitrogens is 2. The minimum atomic E-state index is -0.335. The zero-order valence-electron chi connectivity index (χ0n) is 14.5. The highest BCUT2D eigenvalue weighted by molar-refractivity contribution is 5.86. The Kier molecular flexibility index (Phi) is 4.83. The molecule has 0 saturated carbocycles. The van der Waals surface area contributed by atoms with Gasteiger partial charge in [0.2, 0.25) is 11.8 Å². The molecule has 1 amide bonds. The second-order valence-corrected chi connectivity index (χ2v) is 6.13. The van der Waals surface area contributed by atoms with Gasteiger partial charge in [-0.2, -0.15) is 4.98 Å². The maximum atomic E-state index is 13.0. The first kappa shape index (κ1) is 17.1. The Morgan fingerprint density at radius 1 is 1.28 bits per heavy atom. The molecule has 1 saturated heterocycles. The summed E-state index contributed by atoms with van der Waals surface area (Å²) in [5.74, 6) is 1.44. The van der Waals surface area contributed by atoms with E-state index in [1.807, 2.05) is 6.92 Å². The van der Waals surface area contributed by atoms with Crippen LogP contribution >= 0.6 is 0 Å². The lowest BCUT2D eigenvalue weighted by molar-refractivity contribution is -0.128. The van der Waals surface area contributed by atoms with E-state index in [1.165, 1.54) is 12.1 Å². The molecule has 1 unspecified atom stereocenters. The normalized spacial score (nSPS) is 17.0. The number of hydrogen-bond donors (Lipinski definition) is 1. The van der Waals surface area contributed by atoms with E-state index in [0.717, 1.165) is 11.1 Å². The number of methoxy groups -OCH3 is 1. The average molecular weight is 344 g/mol. The van der Waals surface area contributed by atoms with Gasteiger partial charge >= 0.3 is 0 Å². The van der Waals surface area contributed by atoms with Gasteiger partial charge in [0.15, 0.2) is 0 Å². The van der Waals surface area contributed by atoms with E-state index in [4.69, 9.17) is 4.74 Å². The highest BCUT2D eigenvalue weighted by Gasteiger charge is 2.32. The van der Waals surface area contributed by atoms with Crippen molar-refractivity contribution in [2.24, 2.45) is 0 Å². The molecule has 2 aromatic rings. The summed E-state index contributed by atoms with van der Waals surface area (Å²) >= 11 is 0. The van der Waals surface area contributed by atoms with Crippen molar-refractivity contribution in [2.45, 2.75) is 32.9 Å². The van der Waals surface area contributed by atoms with E-state index in [-0.39, 0.29) is 17.8 Å². The van der Waals surface area contributed by atoms with Crippen molar-refractivity contribution in [3.8, 4) is 5.88 Å². The Bertz CT molecular complexity index is 779. The average Bonchev–Trinajstić information content (AvgIpc) is 2.93. The molecule has 25 heavy (non-hydrogen) atoms. The summed E-state index contributed by atoms with van der Waals surface area (Å²) in [5.41, 5.74) is 1.68. The standard InChI is InChI=1S/C18H21FN4O2/c1-11-16(20-12(2)21-17(11)25-3)22-15-8-9-23(18(15)24)10-13-4-6-14(19)7-5-13/h4-7,15H,8-10H2,1-3H3,(H,20,21,22). The van der Waals surface area contributed by atoms with Crippen LogP contribution in [0.4, 0.5) is 10.2 Å². The summed E-state index contributed by atoms with van der Waals surface area (Å²) in [6.07, 6.45) is 0.685. The van der Waals surface area contributed by atoms with Crippen LogP contribution in [0.3, 0.4) is 0 Å². The van der Waals surface area contributed by atoms with Crippen LogP contribution in [0, 0.1) is 19.7 Å². The molecule has 2 heterocycles. The number of ether oxygens (including phenoxy) is 1. The summed E-state index contributed by atoms with van der Waals surface area (Å²) in [6, 6.07) is 5.88. The molecule has 1 aliphatic heterocycles. The lowest BCUT2D eigenvalue weighted by Gasteiger charge is -2.18. The van der Waals surface area contributed by atoms with Gasteiger partial charge in [-0.3, -0.25) is 4.79 Å². The molecule has 1 aromatic carbocycles. The molecule has 1 N–H and O–H groups in total. The SMILES string of the molecule is COc1nc(C)nc(NC2CCN(Cc3ccc(F)cc3)C2=O)c1C. The molecule has 3 rings (SSSR count). The molecule has 0 radical (unpaired) electrons. The Morgan fingerprint density at radius 2 is 2.00 bits per heavy atom. The van der Waals surface area contributed by atoms with Crippen LogP contribution in [-0.2, 0) is 11.3 Å². The zero-order valence-corrected chi connectivity index (χ0v) is 14.5. The maximum Gasteiger partial charge on any atom is 0.245 e. The molecule has 7 heteroatoms. The molecular formula is C18H21FN4O2. The predicted octanol–water partition coefficient (Wildman–Crippen LogP) is 2.45. The van der Waals surface area contributed by atoms with Gasteiger partial charge in [-0.15, -0.1) is 0 Å². The molecule has 1 fully saturated rings. The first-order chi connectivity index (χ1) is 12.0. The number of benzene rings is 1. The van der Waals surface area contributed by atoms with Gasteiger partial charge in [0.1, 0.15) is 23.5 Å². The fourth-order valence-electron chi connectivity index (χ4n) is 2.95. The number of carbonyl (C=O) groups excluding carboxylic acids is 1. The van der Waals surface area contributed by atoms with E-state index in [2.05, 4.69) is 15.3 Å². The number of carbonyl (C=O) groups is 1. The Hall–Kier alpha value is -2.70. The number of aryl methyl sites for hydroxylation is 1. The van der Waals surface area contributed by atoms with Crippen molar-refractivity contribution in [1.29, 1.82) is 0 Å². The highest BCUT2D eigenvalue weighted by atomic mass is 19.1. The van der Waals surface area contributed by atoms with Gasteiger partial charge in [-0.25, -0.2) is 9.37 Å². The minimum Gasteiger partial charge on any atom is -0.481 e. The van der Waals surface area contributed by atoms with Gasteiger partial charge in [-0.1, -0.05) is 12.1 Å². The lowest BCUT2D eigenvalue weighted by Crippen LogP contribution is -2.33. The molecule has 0 spiro atoms. The van der Waals surface area contributed by atoms with Crippen molar-refractivity contribution in [2.75, 3.05) is 19.0 Å². The number of nitrogens with zero attached hydrogens (tertiary/aromatic N) is 3. The Labute approximate surface area is 146 Å². The Balaban J connectivity index is 1.70. The molecule has 1 aromatic heterocycles. The van der Waals surface area contributed by atoms with Crippen molar-refractivity contribution in [3.63, 3.8) is 0 Å². The smallest absolute Gasteiger partial charge is 0.245 e. The quantitative estimate of drug-likeness (QED) is 0.902. The van der Waals surface area contributed by atoms with E-state index in [1.54, 1.807) is 31.1 Å². The molecule has 6 nitrogen and oxygen atoms in total. The van der Waals surface area contributed by atoms with Gasteiger partial charge in [0.25, 0.3) is 0 Å². The van der Waals surface area contributed by atoms with Gasteiger partial charge < -0.3 is 15.0 Å². The van der Waals surface area contributed by atoms with E-state index >= 15 is 0 Å². The van der Waals surface area contributed by atoms with Gasteiger partial charge in [0, 0.05) is 13.1 Å². The summed E-state index contributed by atoms with van der Waals surface area (Å²) < 4.78 is 18.3. The van der Waals surface area contributed by atoms with E-state index in [9.17, 15) is 9.18 Å². The van der Waals surface area contributed by atoms with Crippen LogP contribution in [0.2, 0.25) is 0 Å². The zero-order chi connectivity index (χ0) is 18.0. The largest absolute Gasteiger partial charge is 0.481 e. The molecule has 0 bridgehead atoms. The van der Waals surface area contributed by atoms with Crippen LogP contribution in [0.1, 0.15) is 23.4 Å². The highest BCUT2D eigenvalue weighted by Crippen LogP contribution is 2.25. The monoisotopic (exact) mass is 344 g/mol. The van der Waals surface area contributed by atoms with Crippen LogP contribution in [-0.4, -0.2) is 40.5 Å². The molecule has 1 atom stereocenters. The number of likely N-dealkylation sites (tertiary alicyclic amines) is 1. The topological polar surface area (TPSA) is 67.4 Å². The van der Waals surface area contributed by atoms with Gasteiger partial charge in [-0.05, 0) is 38.0 Å². The van der Waals surface area contributed by atoms with Crippen LogP contribution < -0.4 is 10.1 Å². The number of halogens is 1. The number of hydrogen-bond acceptors (Lipinski definition) is 5. The fraction of sp³-hybridized carbons (Fsp3) is 0.389. The second kappa shape index (κ2) is 7.04. The minimum absolute atomic E-state index is 0.0129. The van der Waals surface area contributed by atoms with Crippen LogP contribution in [0.15, 0.2) is 24.3 Å². The third-order valence-corrected chi connectivity index (χ3v) is 4.30. The van der Waals surface area contributed by atoms with Crippen molar-refractivity contribution in [1.82, 2.24) is 14.9 Å². The first-order valence-corrected chi connectivity index (χ1v) is 8.17. The van der Waals surface area contributed by atoms with Crippen LogP contribution in [0.5, 0.6) is 5.88 Å². The number of amides is 1. The molecule has 132 valence electrons.